The Morgan fingerprint density at radius 2 is 2.00 bits per heavy atom. The summed E-state index contributed by atoms with van der Waals surface area (Å²) in [6, 6.07) is 0. The van der Waals surface area contributed by atoms with E-state index in [9.17, 15) is 5.11 Å². The lowest BCUT2D eigenvalue weighted by atomic mass is 9.58. The molecule has 3 rings (SSSR count). The molecule has 0 aromatic rings. The minimum absolute atomic E-state index is 0.107. The summed E-state index contributed by atoms with van der Waals surface area (Å²) < 4.78 is 5.79. The highest BCUT2D eigenvalue weighted by Gasteiger charge is 2.56. The van der Waals surface area contributed by atoms with Crippen LogP contribution in [0.25, 0.3) is 0 Å². The van der Waals surface area contributed by atoms with Crippen LogP contribution in [-0.2, 0) is 4.74 Å². The molecule has 0 bridgehead atoms. The predicted molar refractivity (Wildman–Crippen MR) is 66.9 cm³/mol. The maximum Gasteiger partial charge on any atom is 0.0681 e. The fourth-order valence-electron chi connectivity index (χ4n) is 3.63. The van der Waals surface area contributed by atoms with E-state index >= 15 is 0 Å². The van der Waals surface area contributed by atoms with E-state index in [1.54, 1.807) is 0 Å². The first kappa shape index (κ1) is 11.9. The van der Waals surface area contributed by atoms with Crippen LogP contribution in [-0.4, -0.2) is 48.5 Å². The molecular weight excluding hydrogens is 214 g/mol. The van der Waals surface area contributed by atoms with Gasteiger partial charge in [-0.15, -0.1) is 0 Å². The zero-order valence-corrected chi connectivity index (χ0v) is 10.9. The molecule has 3 aliphatic rings. The topological polar surface area (TPSA) is 32.7 Å². The van der Waals surface area contributed by atoms with Gasteiger partial charge >= 0.3 is 0 Å². The highest BCUT2D eigenvalue weighted by atomic mass is 16.5. The van der Waals surface area contributed by atoms with Gasteiger partial charge in [-0.05, 0) is 51.6 Å². The number of piperidine rings is 1. The summed E-state index contributed by atoms with van der Waals surface area (Å²) in [5, 5.41) is 10.1. The summed E-state index contributed by atoms with van der Waals surface area (Å²) in [6.07, 6.45) is 6.21. The molecule has 1 aliphatic heterocycles. The Hall–Kier alpha value is -0.120. The van der Waals surface area contributed by atoms with Crippen molar-refractivity contribution in [2.24, 2.45) is 11.3 Å². The normalized spacial score (nSPS) is 37.1. The lowest BCUT2D eigenvalue weighted by Crippen LogP contribution is -2.62. The molecule has 1 N–H and O–H groups in total. The Morgan fingerprint density at radius 1 is 1.29 bits per heavy atom. The average Bonchev–Trinajstić information content (AvgIpc) is 3.14. The van der Waals surface area contributed by atoms with Crippen molar-refractivity contribution >= 4 is 0 Å². The highest BCUT2D eigenvalue weighted by Crippen LogP contribution is 2.51. The number of aliphatic hydroxyl groups is 1. The monoisotopic (exact) mass is 239 g/mol. The molecule has 1 saturated heterocycles. The molecule has 98 valence electrons. The molecular formula is C14H25NO2. The van der Waals surface area contributed by atoms with Crippen molar-refractivity contribution in [2.75, 3.05) is 26.2 Å². The first-order chi connectivity index (χ1) is 8.24. The van der Waals surface area contributed by atoms with E-state index in [1.807, 2.05) is 0 Å². The Bertz CT molecular complexity index is 267. The number of rotatable bonds is 4. The van der Waals surface area contributed by atoms with Gasteiger partial charge in [0, 0.05) is 25.0 Å². The van der Waals surface area contributed by atoms with Gasteiger partial charge in [0.25, 0.3) is 0 Å². The van der Waals surface area contributed by atoms with Crippen LogP contribution >= 0.6 is 0 Å². The van der Waals surface area contributed by atoms with Crippen molar-refractivity contribution in [1.29, 1.82) is 0 Å². The first-order valence-electron chi connectivity index (χ1n) is 7.26. The van der Waals surface area contributed by atoms with Crippen molar-refractivity contribution < 1.29 is 9.84 Å². The molecule has 3 nitrogen and oxygen atoms in total. The van der Waals surface area contributed by atoms with Crippen LogP contribution in [0.2, 0.25) is 0 Å². The molecule has 2 saturated carbocycles. The molecule has 1 heterocycles. The molecule has 0 aromatic carbocycles. The van der Waals surface area contributed by atoms with Crippen molar-refractivity contribution in [3.63, 3.8) is 0 Å². The third kappa shape index (κ3) is 2.13. The molecule has 0 radical (unpaired) electrons. The summed E-state index contributed by atoms with van der Waals surface area (Å²) in [5.74, 6) is 0.984. The third-order valence-electron chi connectivity index (χ3n) is 5.11. The van der Waals surface area contributed by atoms with E-state index in [2.05, 4.69) is 11.8 Å². The lowest BCUT2D eigenvalue weighted by Gasteiger charge is -2.56. The molecule has 3 fully saturated rings. The zero-order valence-electron chi connectivity index (χ0n) is 10.9. The van der Waals surface area contributed by atoms with E-state index in [0.29, 0.717) is 6.10 Å². The van der Waals surface area contributed by atoms with E-state index in [1.165, 1.54) is 19.4 Å². The highest BCUT2D eigenvalue weighted by molar-refractivity contribution is 5.06. The van der Waals surface area contributed by atoms with Crippen LogP contribution in [0.3, 0.4) is 0 Å². The van der Waals surface area contributed by atoms with Gasteiger partial charge in [-0.1, -0.05) is 0 Å². The van der Waals surface area contributed by atoms with E-state index in [0.717, 1.165) is 44.9 Å². The van der Waals surface area contributed by atoms with Gasteiger partial charge in [0.1, 0.15) is 0 Å². The third-order valence-corrected chi connectivity index (χ3v) is 5.11. The second-order valence-corrected chi connectivity index (χ2v) is 6.17. The molecule has 0 amide bonds. The molecule has 17 heavy (non-hydrogen) atoms. The molecule has 2 unspecified atom stereocenters. The standard InChI is InChI=1S/C14H25NO2/c1-2-17-13-9-12(16)14(13)5-7-15(8-6-14)10-11-3-4-11/h11-13,16H,2-10H2,1H3. The van der Waals surface area contributed by atoms with Gasteiger partial charge in [-0.2, -0.15) is 0 Å². The van der Waals surface area contributed by atoms with Gasteiger partial charge in [-0.25, -0.2) is 0 Å². The summed E-state index contributed by atoms with van der Waals surface area (Å²) in [5.41, 5.74) is 0.107. The second kappa shape index (κ2) is 4.52. The summed E-state index contributed by atoms with van der Waals surface area (Å²) >= 11 is 0. The van der Waals surface area contributed by atoms with Crippen LogP contribution in [0.1, 0.15) is 39.0 Å². The molecule has 2 atom stereocenters. The Labute approximate surface area is 104 Å². The van der Waals surface area contributed by atoms with Crippen LogP contribution in [0, 0.1) is 11.3 Å². The van der Waals surface area contributed by atoms with Crippen molar-refractivity contribution in [3.05, 3.63) is 0 Å². The van der Waals surface area contributed by atoms with E-state index < -0.39 is 0 Å². The van der Waals surface area contributed by atoms with Gasteiger partial charge in [0.2, 0.25) is 0 Å². The fraction of sp³-hybridized carbons (Fsp3) is 1.00. The summed E-state index contributed by atoms with van der Waals surface area (Å²) in [4.78, 5) is 2.59. The molecule has 1 spiro atoms. The minimum Gasteiger partial charge on any atom is -0.392 e. The fourth-order valence-corrected chi connectivity index (χ4v) is 3.63. The maximum absolute atomic E-state index is 10.1. The van der Waals surface area contributed by atoms with E-state index in [-0.39, 0.29) is 11.5 Å². The van der Waals surface area contributed by atoms with Crippen LogP contribution < -0.4 is 0 Å². The van der Waals surface area contributed by atoms with Gasteiger partial charge < -0.3 is 14.7 Å². The van der Waals surface area contributed by atoms with Crippen molar-refractivity contribution in [2.45, 2.75) is 51.2 Å². The number of ether oxygens (including phenoxy) is 1. The van der Waals surface area contributed by atoms with Crippen LogP contribution in [0.4, 0.5) is 0 Å². The Balaban J connectivity index is 1.54. The number of aliphatic hydroxyl groups excluding tert-OH is 1. The van der Waals surface area contributed by atoms with Crippen molar-refractivity contribution in [1.82, 2.24) is 4.90 Å². The van der Waals surface area contributed by atoms with E-state index in [4.69, 9.17) is 4.74 Å². The SMILES string of the molecule is CCOC1CC(O)C12CCN(CC1CC1)CC2. The zero-order chi connectivity index (χ0) is 11.9. The second-order valence-electron chi connectivity index (χ2n) is 6.17. The predicted octanol–water partition coefficient (Wildman–Crippen LogP) is 1.65. The van der Waals surface area contributed by atoms with Gasteiger partial charge in [-0.3, -0.25) is 0 Å². The minimum atomic E-state index is -0.109. The quantitative estimate of drug-likeness (QED) is 0.809. The molecule has 2 aliphatic carbocycles. The number of nitrogens with zero attached hydrogens (tertiary/aromatic N) is 1. The molecule has 0 aromatic heterocycles. The smallest absolute Gasteiger partial charge is 0.0681 e. The number of hydrogen-bond acceptors (Lipinski definition) is 3. The van der Waals surface area contributed by atoms with Crippen LogP contribution in [0.15, 0.2) is 0 Å². The largest absolute Gasteiger partial charge is 0.392 e. The molecule has 3 heteroatoms. The number of hydrogen-bond donors (Lipinski definition) is 1. The lowest BCUT2D eigenvalue weighted by molar-refractivity contribution is -0.209. The van der Waals surface area contributed by atoms with Crippen LogP contribution in [0.5, 0.6) is 0 Å². The number of likely N-dealkylation sites (tertiary alicyclic amines) is 1. The van der Waals surface area contributed by atoms with Crippen molar-refractivity contribution in [3.8, 4) is 0 Å². The maximum atomic E-state index is 10.1. The van der Waals surface area contributed by atoms with Gasteiger partial charge in [0.05, 0.1) is 12.2 Å². The average molecular weight is 239 g/mol. The Kier molecular flexibility index (Phi) is 3.18. The first-order valence-corrected chi connectivity index (χ1v) is 7.26. The summed E-state index contributed by atoms with van der Waals surface area (Å²) in [7, 11) is 0. The summed E-state index contributed by atoms with van der Waals surface area (Å²) in [6.45, 7) is 6.46. The van der Waals surface area contributed by atoms with Gasteiger partial charge in [0.15, 0.2) is 0 Å². The Morgan fingerprint density at radius 3 is 2.53 bits per heavy atom.